The van der Waals surface area contributed by atoms with Crippen molar-refractivity contribution in [3.8, 4) is 0 Å². The molecule has 0 saturated carbocycles. The summed E-state index contributed by atoms with van der Waals surface area (Å²) in [5.41, 5.74) is 0. The van der Waals surface area contributed by atoms with Gasteiger partial charge in [0.05, 0.1) is 22.2 Å². The molecule has 3 rings (SSSR count). The third kappa shape index (κ3) is 4.95. The van der Waals surface area contributed by atoms with E-state index in [9.17, 15) is 16.8 Å². The van der Waals surface area contributed by atoms with Gasteiger partial charge in [0.15, 0.2) is 19.7 Å². The Morgan fingerprint density at radius 1 is 1.08 bits per heavy atom. The van der Waals surface area contributed by atoms with Crippen molar-refractivity contribution in [3.05, 3.63) is 29.3 Å². The maximum absolute atomic E-state index is 12.4. The summed E-state index contributed by atoms with van der Waals surface area (Å²) in [6.07, 6.45) is 0.716. The summed E-state index contributed by atoms with van der Waals surface area (Å²) in [5.74, 6) is 0.627. The van der Waals surface area contributed by atoms with Crippen LogP contribution < -0.4 is 0 Å². The first-order valence-electron chi connectivity index (χ1n) is 8.40. The molecule has 0 aromatic heterocycles. The lowest BCUT2D eigenvalue weighted by Crippen LogP contribution is -2.51. The molecule has 1 aromatic rings. The van der Waals surface area contributed by atoms with Gasteiger partial charge < -0.3 is 0 Å². The van der Waals surface area contributed by atoms with Crippen molar-refractivity contribution in [3.63, 3.8) is 0 Å². The molecule has 1 unspecified atom stereocenters. The number of piperazine rings is 1. The summed E-state index contributed by atoms with van der Waals surface area (Å²) < 4.78 is 48.0. The summed E-state index contributed by atoms with van der Waals surface area (Å²) in [4.78, 5) is 4.66. The first-order chi connectivity index (χ1) is 11.8. The van der Waals surface area contributed by atoms with E-state index in [4.69, 9.17) is 11.6 Å². The van der Waals surface area contributed by atoms with E-state index >= 15 is 0 Å². The molecule has 0 amide bonds. The van der Waals surface area contributed by atoms with Crippen LogP contribution in [-0.2, 0) is 19.7 Å². The normalized spacial score (nSPS) is 25.2. The molecule has 140 valence electrons. The predicted octanol–water partition coefficient (Wildman–Crippen LogP) is 0.918. The van der Waals surface area contributed by atoms with Gasteiger partial charge in [-0.1, -0.05) is 11.6 Å². The summed E-state index contributed by atoms with van der Waals surface area (Å²) in [5, 5.41) is 0.518. The van der Waals surface area contributed by atoms with Gasteiger partial charge in [-0.2, -0.15) is 0 Å². The van der Waals surface area contributed by atoms with E-state index in [0.29, 0.717) is 22.9 Å². The second kappa shape index (κ2) is 7.52. The molecule has 0 aliphatic carbocycles. The standard InChI is InChI=1S/C16H23ClN2O4S2/c17-14-1-3-16(4-2-14)25(22,23)12-10-18-6-8-19(9-7-18)15-5-11-24(20,21)13-15/h1-4,15H,5-13H2. The van der Waals surface area contributed by atoms with Crippen LogP contribution in [0.1, 0.15) is 6.42 Å². The van der Waals surface area contributed by atoms with Crippen molar-refractivity contribution in [1.82, 2.24) is 9.80 Å². The van der Waals surface area contributed by atoms with E-state index in [2.05, 4.69) is 9.80 Å². The number of halogens is 1. The van der Waals surface area contributed by atoms with E-state index in [1.165, 1.54) is 12.1 Å². The molecular weight excluding hydrogens is 384 g/mol. The Morgan fingerprint density at radius 2 is 1.72 bits per heavy atom. The Kier molecular flexibility index (Phi) is 5.75. The maximum Gasteiger partial charge on any atom is 0.179 e. The molecule has 0 N–H and O–H groups in total. The van der Waals surface area contributed by atoms with Crippen LogP contribution in [-0.4, -0.2) is 82.7 Å². The lowest BCUT2D eigenvalue weighted by molar-refractivity contribution is 0.109. The molecule has 2 aliphatic rings. The van der Waals surface area contributed by atoms with Crippen LogP contribution in [0, 0.1) is 0 Å². The molecule has 1 atom stereocenters. The smallest absolute Gasteiger partial charge is 0.179 e. The van der Waals surface area contributed by atoms with E-state index in [1.54, 1.807) is 12.1 Å². The Balaban J connectivity index is 1.48. The average molecular weight is 407 g/mol. The van der Waals surface area contributed by atoms with Gasteiger partial charge in [-0.3, -0.25) is 9.80 Å². The molecule has 2 saturated heterocycles. The first-order valence-corrected chi connectivity index (χ1v) is 12.3. The molecule has 25 heavy (non-hydrogen) atoms. The largest absolute Gasteiger partial charge is 0.300 e. The van der Waals surface area contributed by atoms with Crippen LogP contribution in [0.15, 0.2) is 29.2 Å². The maximum atomic E-state index is 12.4. The highest BCUT2D eigenvalue weighted by molar-refractivity contribution is 7.91. The van der Waals surface area contributed by atoms with Crippen LogP contribution in [0.25, 0.3) is 0 Å². The first kappa shape index (κ1) is 19.1. The number of rotatable bonds is 5. The molecule has 2 fully saturated rings. The number of sulfone groups is 2. The monoisotopic (exact) mass is 406 g/mol. The molecule has 0 radical (unpaired) electrons. The average Bonchev–Trinajstić information content (AvgIpc) is 2.94. The van der Waals surface area contributed by atoms with Crippen LogP contribution in [0.3, 0.4) is 0 Å². The highest BCUT2D eigenvalue weighted by atomic mass is 35.5. The quantitative estimate of drug-likeness (QED) is 0.723. The Morgan fingerprint density at radius 3 is 2.28 bits per heavy atom. The Bertz CT molecular complexity index is 801. The summed E-state index contributed by atoms with van der Waals surface area (Å²) >= 11 is 5.80. The second-order valence-electron chi connectivity index (χ2n) is 6.71. The van der Waals surface area contributed by atoms with Gasteiger partial charge in [0.25, 0.3) is 0 Å². The van der Waals surface area contributed by atoms with Crippen LogP contribution in [0.2, 0.25) is 5.02 Å². The number of hydrogen-bond acceptors (Lipinski definition) is 6. The van der Waals surface area contributed by atoms with Crippen molar-refractivity contribution in [2.24, 2.45) is 0 Å². The van der Waals surface area contributed by atoms with E-state index in [-0.39, 0.29) is 23.3 Å². The van der Waals surface area contributed by atoms with Crippen molar-refractivity contribution in [2.45, 2.75) is 17.4 Å². The number of hydrogen-bond donors (Lipinski definition) is 0. The van der Waals surface area contributed by atoms with Gasteiger partial charge in [-0.15, -0.1) is 0 Å². The minimum atomic E-state index is -3.31. The number of benzene rings is 1. The zero-order valence-corrected chi connectivity index (χ0v) is 16.4. The minimum Gasteiger partial charge on any atom is -0.300 e. The van der Waals surface area contributed by atoms with Crippen LogP contribution in [0.4, 0.5) is 0 Å². The third-order valence-corrected chi connectivity index (χ3v) is 8.69. The highest BCUT2D eigenvalue weighted by Gasteiger charge is 2.33. The summed E-state index contributed by atoms with van der Waals surface area (Å²) in [6.45, 7) is 3.61. The van der Waals surface area contributed by atoms with E-state index in [1.807, 2.05) is 0 Å². The topological polar surface area (TPSA) is 74.8 Å². The summed E-state index contributed by atoms with van der Waals surface area (Å²) in [6, 6.07) is 6.38. The van der Waals surface area contributed by atoms with Crippen molar-refractivity contribution in [2.75, 3.05) is 50.0 Å². The predicted molar refractivity (Wildman–Crippen MR) is 98.6 cm³/mol. The van der Waals surface area contributed by atoms with Gasteiger partial charge in [0, 0.05) is 43.8 Å². The fourth-order valence-electron chi connectivity index (χ4n) is 3.42. The van der Waals surface area contributed by atoms with E-state index < -0.39 is 19.7 Å². The van der Waals surface area contributed by atoms with Gasteiger partial charge in [0.2, 0.25) is 0 Å². The fourth-order valence-corrected chi connectivity index (χ4v) is 6.60. The molecule has 9 heteroatoms. The summed E-state index contributed by atoms with van der Waals surface area (Å²) in [7, 11) is -6.18. The Hall–Kier alpha value is -0.670. The molecule has 2 heterocycles. The molecule has 0 bridgehead atoms. The molecule has 6 nitrogen and oxygen atoms in total. The fraction of sp³-hybridized carbons (Fsp3) is 0.625. The van der Waals surface area contributed by atoms with Crippen molar-refractivity contribution < 1.29 is 16.8 Å². The SMILES string of the molecule is O=S1(=O)CCC(N2CCN(CCS(=O)(=O)c3ccc(Cl)cc3)CC2)C1. The van der Waals surface area contributed by atoms with Gasteiger partial charge in [-0.25, -0.2) is 16.8 Å². The minimum absolute atomic E-state index is 0.0758. The van der Waals surface area contributed by atoms with Crippen LogP contribution >= 0.6 is 11.6 Å². The highest BCUT2D eigenvalue weighted by Crippen LogP contribution is 2.20. The third-order valence-electron chi connectivity index (χ3n) is 4.98. The van der Waals surface area contributed by atoms with E-state index in [0.717, 1.165) is 26.2 Å². The van der Waals surface area contributed by atoms with Crippen LogP contribution in [0.5, 0.6) is 0 Å². The van der Waals surface area contributed by atoms with Gasteiger partial charge in [-0.05, 0) is 30.7 Å². The Labute approximate surface area is 154 Å². The van der Waals surface area contributed by atoms with Crippen molar-refractivity contribution in [1.29, 1.82) is 0 Å². The molecular formula is C16H23ClN2O4S2. The zero-order valence-electron chi connectivity index (χ0n) is 14.0. The van der Waals surface area contributed by atoms with Gasteiger partial charge >= 0.3 is 0 Å². The lowest BCUT2D eigenvalue weighted by atomic mass is 10.2. The molecule has 0 spiro atoms. The van der Waals surface area contributed by atoms with Crippen molar-refractivity contribution >= 4 is 31.3 Å². The molecule has 2 aliphatic heterocycles. The van der Waals surface area contributed by atoms with Gasteiger partial charge in [0.1, 0.15) is 0 Å². The lowest BCUT2D eigenvalue weighted by Gasteiger charge is -2.37. The zero-order chi connectivity index (χ0) is 18.1. The molecule has 1 aromatic carbocycles. The second-order valence-corrected chi connectivity index (χ2v) is 11.5. The number of nitrogens with zero attached hydrogens (tertiary/aromatic N) is 2.